The number of nitrogens with zero attached hydrogens (tertiary/aromatic N) is 2. The van der Waals surface area contributed by atoms with Crippen molar-refractivity contribution < 1.29 is 14.3 Å². The quantitative estimate of drug-likeness (QED) is 0.898. The van der Waals surface area contributed by atoms with Crippen LogP contribution >= 0.6 is 11.6 Å². The number of nitrogens with one attached hydrogen (secondary N) is 1. The Bertz CT molecular complexity index is 622. The van der Waals surface area contributed by atoms with Crippen LogP contribution in [0.15, 0.2) is 24.3 Å². The number of carbonyl (C=O) groups is 2. The molecule has 0 aliphatic carbocycles. The third-order valence-corrected chi connectivity index (χ3v) is 4.51. The van der Waals surface area contributed by atoms with Gasteiger partial charge in [-0.15, -0.1) is 0 Å². The van der Waals surface area contributed by atoms with Gasteiger partial charge in [-0.1, -0.05) is 17.7 Å². The Morgan fingerprint density at radius 3 is 2.83 bits per heavy atom. The van der Waals surface area contributed by atoms with Gasteiger partial charge in [0.25, 0.3) is 0 Å². The number of urea groups is 1. The van der Waals surface area contributed by atoms with Gasteiger partial charge in [-0.3, -0.25) is 4.79 Å². The second kappa shape index (κ2) is 6.37. The summed E-state index contributed by atoms with van der Waals surface area (Å²) in [5, 5.41) is 3.41. The van der Waals surface area contributed by atoms with Gasteiger partial charge < -0.3 is 19.9 Å². The van der Waals surface area contributed by atoms with E-state index in [2.05, 4.69) is 5.32 Å². The molecule has 3 rings (SSSR count). The van der Waals surface area contributed by atoms with Crippen molar-refractivity contribution in [1.29, 1.82) is 0 Å². The molecule has 3 amide bonds. The molecule has 2 aliphatic heterocycles. The van der Waals surface area contributed by atoms with Gasteiger partial charge in [-0.2, -0.15) is 0 Å². The highest BCUT2D eigenvalue weighted by Crippen LogP contribution is 2.33. The van der Waals surface area contributed by atoms with Crippen molar-refractivity contribution in [3.8, 4) is 0 Å². The van der Waals surface area contributed by atoms with Crippen molar-refractivity contribution in [2.45, 2.75) is 18.6 Å². The van der Waals surface area contributed by atoms with Crippen LogP contribution in [0.2, 0.25) is 5.02 Å². The van der Waals surface area contributed by atoms with E-state index in [1.165, 1.54) is 0 Å². The number of amides is 3. The van der Waals surface area contributed by atoms with Crippen LogP contribution in [0.25, 0.3) is 0 Å². The van der Waals surface area contributed by atoms with Gasteiger partial charge in [0.15, 0.2) is 0 Å². The van der Waals surface area contributed by atoms with Gasteiger partial charge in [0.05, 0.1) is 18.1 Å². The predicted molar refractivity (Wildman–Crippen MR) is 87.5 cm³/mol. The fourth-order valence-electron chi connectivity index (χ4n) is 3.18. The van der Waals surface area contributed by atoms with Crippen molar-refractivity contribution in [2.75, 3.05) is 32.5 Å². The van der Waals surface area contributed by atoms with Crippen molar-refractivity contribution in [3.63, 3.8) is 0 Å². The number of rotatable bonds is 2. The van der Waals surface area contributed by atoms with Crippen molar-refractivity contribution in [2.24, 2.45) is 5.92 Å². The molecule has 2 bridgehead atoms. The van der Waals surface area contributed by atoms with Gasteiger partial charge in [0, 0.05) is 37.9 Å². The van der Waals surface area contributed by atoms with Crippen LogP contribution in [0.1, 0.15) is 6.42 Å². The number of fused-ring (bicyclic) bond motifs is 2. The average molecular weight is 338 g/mol. The van der Waals surface area contributed by atoms with Crippen LogP contribution in [0, 0.1) is 5.92 Å². The fourth-order valence-corrected chi connectivity index (χ4v) is 3.37. The zero-order valence-corrected chi connectivity index (χ0v) is 13.9. The number of morpholine rings is 1. The summed E-state index contributed by atoms with van der Waals surface area (Å²) < 4.78 is 5.84. The molecule has 2 aliphatic rings. The number of hydrogen-bond donors (Lipinski definition) is 1. The van der Waals surface area contributed by atoms with Crippen LogP contribution < -0.4 is 5.32 Å². The number of likely N-dealkylation sites (tertiary alicyclic amines) is 1. The molecule has 124 valence electrons. The molecule has 0 aromatic heterocycles. The first-order chi connectivity index (χ1) is 10.9. The van der Waals surface area contributed by atoms with E-state index in [1.807, 2.05) is 0 Å². The number of ether oxygens (including phenoxy) is 1. The Balaban J connectivity index is 1.65. The molecule has 2 saturated heterocycles. The summed E-state index contributed by atoms with van der Waals surface area (Å²) >= 11 is 5.93. The summed E-state index contributed by atoms with van der Waals surface area (Å²) in [6.45, 7) is 0.924. The lowest BCUT2D eigenvalue weighted by atomic mass is 9.99. The second-order valence-electron chi connectivity index (χ2n) is 6.22. The van der Waals surface area contributed by atoms with Gasteiger partial charge >= 0.3 is 6.03 Å². The molecule has 0 unspecified atom stereocenters. The van der Waals surface area contributed by atoms with Gasteiger partial charge in [0.1, 0.15) is 0 Å². The number of carbonyl (C=O) groups excluding carboxylic acids is 2. The van der Waals surface area contributed by atoms with Crippen LogP contribution in [-0.2, 0) is 9.53 Å². The van der Waals surface area contributed by atoms with E-state index < -0.39 is 0 Å². The van der Waals surface area contributed by atoms with Crippen molar-refractivity contribution in [3.05, 3.63) is 29.3 Å². The molecule has 0 spiro atoms. The Kier molecular flexibility index (Phi) is 4.46. The molecule has 0 radical (unpaired) electrons. The first-order valence-electron chi connectivity index (χ1n) is 7.62. The van der Waals surface area contributed by atoms with E-state index in [0.717, 1.165) is 0 Å². The number of benzene rings is 1. The van der Waals surface area contributed by atoms with Crippen LogP contribution in [0.3, 0.4) is 0 Å². The second-order valence-corrected chi connectivity index (χ2v) is 6.65. The van der Waals surface area contributed by atoms with Crippen LogP contribution in [-0.4, -0.2) is 61.1 Å². The third kappa shape index (κ3) is 3.43. The molecule has 2 heterocycles. The Labute approximate surface area is 140 Å². The van der Waals surface area contributed by atoms with Crippen LogP contribution in [0.5, 0.6) is 0 Å². The van der Waals surface area contributed by atoms with E-state index in [1.54, 1.807) is 48.2 Å². The maximum absolute atomic E-state index is 12.4. The van der Waals surface area contributed by atoms with E-state index in [4.69, 9.17) is 16.3 Å². The maximum atomic E-state index is 12.4. The van der Waals surface area contributed by atoms with Gasteiger partial charge in [-0.05, 0) is 24.6 Å². The van der Waals surface area contributed by atoms with E-state index in [-0.39, 0.29) is 30.1 Å². The fraction of sp³-hybridized carbons (Fsp3) is 0.500. The molecule has 6 nitrogen and oxygen atoms in total. The topological polar surface area (TPSA) is 61.9 Å². The van der Waals surface area contributed by atoms with Crippen LogP contribution in [0.4, 0.5) is 10.5 Å². The third-order valence-electron chi connectivity index (χ3n) is 4.28. The highest BCUT2D eigenvalue weighted by atomic mass is 35.5. The molecular weight excluding hydrogens is 318 g/mol. The van der Waals surface area contributed by atoms with Gasteiger partial charge in [0.2, 0.25) is 5.91 Å². The molecule has 23 heavy (non-hydrogen) atoms. The molecule has 0 saturated carbocycles. The molecule has 1 aromatic rings. The maximum Gasteiger partial charge on any atom is 0.322 e. The minimum absolute atomic E-state index is 0.0644. The molecule has 3 atom stereocenters. The average Bonchev–Trinajstić information content (AvgIpc) is 2.80. The highest BCUT2D eigenvalue weighted by Gasteiger charge is 2.46. The number of halogens is 1. The largest absolute Gasteiger partial charge is 0.370 e. The first-order valence-corrected chi connectivity index (χ1v) is 8.00. The predicted octanol–water partition coefficient (Wildman–Crippen LogP) is 2.05. The number of hydrogen-bond acceptors (Lipinski definition) is 3. The molecule has 2 fully saturated rings. The minimum Gasteiger partial charge on any atom is -0.370 e. The molecular formula is C16H20ClN3O3. The van der Waals surface area contributed by atoms with E-state index >= 15 is 0 Å². The number of anilines is 1. The minimum atomic E-state index is -0.228. The summed E-state index contributed by atoms with van der Waals surface area (Å²) in [5.41, 5.74) is 0.655. The van der Waals surface area contributed by atoms with Crippen molar-refractivity contribution >= 4 is 29.2 Å². The van der Waals surface area contributed by atoms with Crippen molar-refractivity contribution in [1.82, 2.24) is 9.80 Å². The highest BCUT2D eigenvalue weighted by molar-refractivity contribution is 6.30. The van der Waals surface area contributed by atoms with E-state index in [9.17, 15) is 9.59 Å². The summed E-state index contributed by atoms with van der Waals surface area (Å²) in [6, 6.07) is 6.84. The Hall–Kier alpha value is -1.79. The lowest BCUT2D eigenvalue weighted by molar-refractivity contribution is -0.135. The zero-order chi connectivity index (χ0) is 16.6. The summed E-state index contributed by atoms with van der Waals surface area (Å²) in [7, 11) is 3.49. The SMILES string of the molecule is CN(C)C(=O)[C@@H]1C[C@H]2CN(C(=O)Nc3cccc(Cl)c3)C[C@@H]1O2. The molecule has 1 N–H and O–H groups in total. The lowest BCUT2D eigenvalue weighted by Crippen LogP contribution is -2.49. The zero-order valence-electron chi connectivity index (χ0n) is 13.2. The first kappa shape index (κ1) is 16.1. The van der Waals surface area contributed by atoms with Gasteiger partial charge in [-0.25, -0.2) is 4.79 Å². The van der Waals surface area contributed by atoms with E-state index in [0.29, 0.717) is 30.2 Å². The summed E-state index contributed by atoms with van der Waals surface area (Å²) in [4.78, 5) is 27.9. The molecule has 1 aromatic carbocycles. The lowest BCUT2D eigenvalue weighted by Gasteiger charge is -2.33. The normalized spacial score (nSPS) is 26.0. The summed E-state index contributed by atoms with van der Waals surface area (Å²) in [6.07, 6.45) is 0.365. The summed E-state index contributed by atoms with van der Waals surface area (Å²) in [5.74, 6) is -0.103. The standard InChI is InChI=1S/C16H20ClN3O3/c1-19(2)15(21)13-7-12-8-20(9-14(13)23-12)16(22)18-11-5-3-4-10(17)6-11/h3-6,12-14H,7-9H2,1-2H3,(H,18,22)/t12-,13+,14-/m0/s1. The monoisotopic (exact) mass is 337 g/mol. The molecule has 7 heteroatoms. The Morgan fingerprint density at radius 2 is 2.13 bits per heavy atom. The smallest absolute Gasteiger partial charge is 0.322 e. The Morgan fingerprint density at radius 1 is 1.35 bits per heavy atom.